The second-order valence-corrected chi connectivity index (χ2v) is 5.48. The molecule has 0 fully saturated rings. The highest BCUT2D eigenvalue weighted by Gasteiger charge is 2.17. The fraction of sp³-hybridized carbons (Fsp3) is 0.133. The first-order chi connectivity index (χ1) is 9.88. The van der Waals surface area contributed by atoms with Crippen LogP contribution >= 0.6 is 23.2 Å². The van der Waals surface area contributed by atoms with Gasteiger partial charge in [-0.1, -0.05) is 53.0 Å². The van der Waals surface area contributed by atoms with Crippen molar-refractivity contribution in [3.63, 3.8) is 0 Å². The minimum Gasteiger partial charge on any atom is -0.505 e. The van der Waals surface area contributed by atoms with Crippen LogP contribution < -0.4 is 11.1 Å². The van der Waals surface area contributed by atoms with Crippen molar-refractivity contribution in [3.05, 3.63) is 57.6 Å². The predicted octanol–water partition coefficient (Wildman–Crippen LogP) is 3.65. The second kappa shape index (κ2) is 6.35. The van der Waals surface area contributed by atoms with Crippen molar-refractivity contribution in [1.82, 2.24) is 0 Å². The lowest BCUT2D eigenvalue weighted by atomic mass is 10.1. The molecule has 110 valence electrons. The number of nitrogens with two attached hydrogens (primary N) is 1. The van der Waals surface area contributed by atoms with Crippen molar-refractivity contribution >= 4 is 34.8 Å². The number of aryl methyl sites for hydroxylation is 1. The van der Waals surface area contributed by atoms with Crippen molar-refractivity contribution in [1.29, 1.82) is 0 Å². The average Bonchev–Trinajstić information content (AvgIpc) is 2.44. The molecule has 0 aliphatic rings. The van der Waals surface area contributed by atoms with E-state index in [0.29, 0.717) is 11.3 Å². The van der Waals surface area contributed by atoms with Gasteiger partial charge >= 0.3 is 0 Å². The Labute approximate surface area is 132 Å². The molecule has 6 heteroatoms. The molecule has 0 bridgehead atoms. The number of phenolic OH excluding ortho intramolecular Hbond substituents is 1. The summed E-state index contributed by atoms with van der Waals surface area (Å²) in [7, 11) is 0. The average molecular weight is 325 g/mol. The van der Waals surface area contributed by atoms with Gasteiger partial charge in [0.1, 0.15) is 6.04 Å². The summed E-state index contributed by atoms with van der Waals surface area (Å²) in [6.45, 7) is 1.95. The standard InChI is InChI=1S/C15H14Cl2N2O2/c1-8-2-4-9(5-3-8)13(18)15(21)19-10-6-11(16)14(20)12(17)7-10/h2-7,13,20H,18H2,1H3,(H,19,21). The molecule has 4 nitrogen and oxygen atoms in total. The second-order valence-electron chi connectivity index (χ2n) is 4.67. The van der Waals surface area contributed by atoms with Crippen LogP contribution in [0.25, 0.3) is 0 Å². The lowest BCUT2D eigenvalue weighted by Gasteiger charge is -2.13. The summed E-state index contributed by atoms with van der Waals surface area (Å²) >= 11 is 11.6. The normalized spacial score (nSPS) is 12.0. The van der Waals surface area contributed by atoms with Crippen LogP contribution in [0.5, 0.6) is 5.75 Å². The third kappa shape index (κ3) is 3.67. The van der Waals surface area contributed by atoms with E-state index in [0.717, 1.165) is 5.56 Å². The van der Waals surface area contributed by atoms with Gasteiger partial charge in [0.15, 0.2) is 5.75 Å². The van der Waals surface area contributed by atoms with E-state index in [1.807, 2.05) is 19.1 Å². The van der Waals surface area contributed by atoms with Gasteiger partial charge in [-0.15, -0.1) is 0 Å². The van der Waals surface area contributed by atoms with Crippen LogP contribution in [-0.2, 0) is 4.79 Å². The number of amides is 1. The maximum atomic E-state index is 12.1. The van der Waals surface area contributed by atoms with E-state index in [4.69, 9.17) is 28.9 Å². The fourth-order valence-electron chi connectivity index (χ4n) is 1.78. The van der Waals surface area contributed by atoms with Crippen LogP contribution in [0.2, 0.25) is 10.0 Å². The third-order valence-electron chi connectivity index (χ3n) is 3.00. The maximum Gasteiger partial charge on any atom is 0.245 e. The number of anilines is 1. The molecule has 1 amide bonds. The van der Waals surface area contributed by atoms with Crippen LogP contribution in [0.4, 0.5) is 5.69 Å². The summed E-state index contributed by atoms with van der Waals surface area (Å²) in [6, 6.07) is 9.38. The van der Waals surface area contributed by atoms with E-state index in [1.165, 1.54) is 12.1 Å². The number of halogens is 2. The van der Waals surface area contributed by atoms with Crippen molar-refractivity contribution < 1.29 is 9.90 Å². The number of nitrogens with one attached hydrogen (secondary N) is 1. The fourth-order valence-corrected chi connectivity index (χ4v) is 2.27. The first kappa shape index (κ1) is 15.6. The van der Waals surface area contributed by atoms with Crippen LogP contribution in [0, 0.1) is 6.92 Å². The molecule has 4 N–H and O–H groups in total. The molecule has 0 aromatic heterocycles. The lowest BCUT2D eigenvalue weighted by molar-refractivity contribution is -0.117. The van der Waals surface area contributed by atoms with Crippen LogP contribution in [0.15, 0.2) is 36.4 Å². The number of carbonyl (C=O) groups excluding carboxylic acids is 1. The highest BCUT2D eigenvalue weighted by molar-refractivity contribution is 6.37. The summed E-state index contributed by atoms with van der Waals surface area (Å²) in [5, 5.41) is 12.2. The minimum absolute atomic E-state index is 0.0571. The van der Waals surface area contributed by atoms with Gasteiger partial charge in [-0.25, -0.2) is 0 Å². The first-order valence-corrected chi connectivity index (χ1v) is 6.95. The Morgan fingerprint density at radius 3 is 2.24 bits per heavy atom. The highest BCUT2D eigenvalue weighted by Crippen LogP contribution is 2.34. The Bertz CT molecular complexity index is 649. The van der Waals surface area contributed by atoms with Crippen LogP contribution in [-0.4, -0.2) is 11.0 Å². The Morgan fingerprint density at radius 2 is 1.71 bits per heavy atom. The van der Waals surface area contributed by atoms with Gasteiger partial charge in [0.05, 0.1) is 10.0 Å². The van der Waals surface area contributed by atoms with E-state index in [9.17, 15) is 9.90 Å². The Kier molecular flexibility index (Phi) is 4.73. The molecule has 2 aromatic rings. The van der Waals surface area contributed by atoms with Crippen LogP contribution in [0.3, 0.4) is 0 Å². The smallest absolute Gasteiger partial charge is 0.245 e. The molecule has 1 atom stereocenters. The quantitative estimate of drug-likeness (QED) is 0.754. The number of hydrogen-bond donors (Lipinski definition) is 3. The number of phenols is 1. The maximum absolute atomic E-state index is 12.1. The van der Waals surface area contributed by atoms with E-state index >= 15 is 0 Å². The third-order valence-corrected chi connectivity index (χ3v) is 3.58. The van der Waals surface area contributed by atoms with E-state index in [-0.39, 0.29) is 15.8 Å². The highest BCUT2D eigenvalue weighted by atomic mass is 35.5. The number of benzene rings is 2. The largest absolute Gasteiger partial charge is 0.505 e. The van der Waals surface area contributed by atoms with Gasteiger partial charge in [0.25, 0.3) is 0 Å². The summed E-state index contributed by atoms with van der Waals surface area (Å²) in [4.78, 5) is 12.1. The topological polar surface area (TPSA) is 75.4 Å². The van der Waals surface area contributed by atoms with Crippen molar-refractivity contribution in [2.75, 3.05) is 5.32 Å². The van der Waals surface area contributed by atoms with E-state index in [1.54, 1.807) is 12.1 Å². The zero-order valence-corrected chi connectivity index (χ0v) is 12.7. The van der Waals surface area contributed by atoms with E-state index < -0.39 is 11.9 Å². The summed E-state index contributed by atoms with van der Waals surface area (Å²) in [5.41, 5.74) is 8.08. The predicted molar refractivity (Wildman–Crippen MR) is 84.9 cm³/mol. The van der Waals surface area contributed by atoms with Gasteiger partial charge in [-0.2, -0.15) is 0 Å². The molecule has 0 radical (unpaired) electrons. The van der Waals surface area contributed by atoms with Gasteiger partial charge in [-0.05, 0) is 24.6 Å². The molecule has 0 aliphatic carbocycles. The van der Waals surface area contributed by atoms with Crippen molar-refractivity contribution in [2.24, 2.45) is 5.73 Å². The number of rotatable bonds is 3. The van der Waals surface area contributed by atoms with Gasteiger partial charge in [-0.3, -0.25) is 4.79 Å². The Hall–Kier alpha value is -1.75. The molecule has 0 saturated carbocycles. The molecule has 2 aromatic carbocycles. The van der Waals surface area contributed by atoms with Crippen molar-refractivity contribution in [3.8, 4) is 5.75 Å². The summed E-state index contributed by atoms with van der Waals surface area (Å²) in [6.07, 6.45) is 0. The molecule has 2 rings (SSSR count). The molecule has 0 saturated heterocycles. The lowest BCUT2D eigenvalue weighted by Crippen LogP contribution is -2.27. The molecular weight excluding hydrogens is 311 g/mol. The zero-order valence-electron chi connectivity index (χ0n) is 11.2. The Morgan fingerprint density at radius 1 is 1.19 bits per heavy atom. The molecule has 0 spiro atoms. The number of carbonyl (C=O) groups is 1. The SMILES string of the molecule is Cc1ccc(C(N)C(=O)Nc2cc(Cl)c(O)c(Cl)c2)cc1. The van der Waals surface area contributed by atoms with Gasteiger partial charge in [0, 0.05) is 5.69 Å². The molecule has 0 aliphatic heterocycles. The first-order valence-electron chi connectivity index (χ1n) is 6.19. The summed E-state index contributed by atoms with van der Waals surface area (Å²) < 4.78 is 0. The molecule has 0 heterocycles. The molecular formula is C15H14Cl2N2O2. The van der Waals surface area contributed by atoms with E-state index in [2.05, 4.69) is 5.32 Å². The Balaban J connectivity index is 2.16. The van der Waals surface area contributed by atoms with Crippen LogP contribution in [0.1, 0.15) is 17.2 Å². The monoisotopic (exact) mass is 324 g/mol. The number of aromatic hydroxyl groups is 1. The molecule has 1 unspecified atom stereocenters. The summed E-state index contributed by atoms with van der Waals surface area (Å²) in [5.74, 6) is -0.615. The van der Waals surface area contributed by atoms with Gasteiger partial charge < -0.3 is 16.2 Å². The zero-order chi connectivity index (χ0) is 15.6. The van der Waals surface area contributed by atoms with Gasteiger partial charge in [0.2, 0.25) is 5.91 Å². The van der Waals surface area contributed by atoms with Crippen molar-refractivity contribution in [2.45, 2.75) is 13.0 Å². The number of hydrogen-bond acceptors (Lipinski definition) is 3. The minimum atomic E-state index is -0.808. The molecule has 21 heavy (non-hydrogen) atoms.